The molecular formula is C26H18ClF3N2O4. The van der Waals surface area contributed by atoms with Gasteiger partial charge in [-0.3, -0.25) is 9.59 Å². The van der Waals surface area contributed by atoms with Crippen molar-refractivity contribution in [2.45, 2.75) is 12.7 Å². The van der Waals surface area contributed by atoms with Gasteiger partial charge in [-0.2, -0.15) is 13.2 Å². The molecule has 0 unspecified atom stereocenters. The van der Waals surface area contributed by atoms with E-state index < -0.39 is 23.6 Å². The molecule has 6 nitrogen and oxygen atoms in total. The van der Waals surface area contributed by atoms with Crippen molar-refractivity contribution in [2.24, 2.45) is 0 Å². The normalized spacial score (nSPS) is 11.8. The van der Waals surface area contributed by atoms with Gasteiger partial charge >= 0.3 is 6.18 Å². The Morgan fingerprint density at radius 2 is 1.75 bits per heavy atom. The van der Waals surface area contributed by atoms with Crippen LogP contribution in [-0.4, -0.2) is 11.8 Å². The molecule has 0 atom stereocenters. The summed E-state index contributed by atoms with van der Waals surface area (Å²) in [5, 5.41) is 5.61. The first-order valence-electron chi connectivity index (χ1n) is 10.6. The third kappa shape index (κ3) is 6.25. The van der Waals surface area contributed by atoms with Crippen LogP contribution in [0.2, 0.25) is 5.02 Å². The number of halogens is 4. The molecule has 184 valence electrons. The molecular weight excluding hydrogens is 497 g/mol. The van der Waals surface area contributed by atoms with Gasteiger partial charge in [0.15, 0.2) is 0 Å². The number of hydrogen-bond acceptors (Lipinski definition) is 4. The van der Waals surface area contributed by atoms with E-state index >= 15 is 0 Å². The van der Waals surface area contributed by atoms with E-state index in [1.54, 1.807) is 12.1 Å². The average molecular weight is 515 g/mol. The highest BCUT2D eigenvalue weighted by Gasteiger charge is 2.30. The molecule has 10 heteroatoms. The Labute approximate surface area is 208 Å². The van der Waals surface area contributed by atoms with Gasteiger partial charge in [0.25, 0.3) is 11.8 Å². The lowest BCUT2D eigenvalue weighted by atomic mass is 10.1. The van der Waals surface area contributed by atoms with E-state index in [9.17, 15) is 22.8 Å². The highest BCUT2D eigenvalue weighted by Crippen LogP contribution is 2.32. The van der Waals surface area contributed by atoms with Crippen LogP contribution in [0.3, 0.4) is 0 Å². The van der Waals surface area contributed by atoms with Crippen molar-refractivity contribution >= 4 is 29.5 Å². The van der Waals surface area contributed by atoms with Gasteiger partial charge in [-0.1, -0.05) is 23.7 Å². The Balaban J connectivity index is 1.60. The van der Waals surface area contributed by atoms with Crippen LogP contribution >= 0.6 is 11.6 Å². The molecule has 36 heavy (non-hydrogen) atoms. The first kappa shape index (κ1) is 24.9. The second-order valence-electron chi connectivity index (χ2n) is 7.56. The molecule has 4 rings (SSSR count). The number of furan rings is 2. The number of rotatable bonds is 7. The maximum Gasteiger partial charge on any atom is 0.416 e. The van der Waals surface area contributed by atoms with Gasteiger partial charge in [-0.25, -0.2) is 0 Å². The predicted octanol–water partition coefficient (Wildman–Crippen LogP) is 6.30. The highest BCUT2D eigenvalue weighted by atomic mass is 35.5. The molecule has 2 heterocycles. The molecule has 0 fully saturated rings. The van der Waals surface area contributed by atoms with E-state index in [4.69, 9.17) is 20.4 Å². The number of carbonyl (C=O) groups is 2. The summed E-state index contributed by atoms with van der Waals surface area (Å²) in [4.78, 5) is 25.6. The van der Waals surface area contributed by atoms with Crippen LogP contribution in [0.5, 0.6) is 0 Å². The van der Waals surface area contributed by atoms with Crippen molar-refractivity contribution in [1.82, 2.24) is 10.6 Å². The first-order chi connectivity index (χ1) is 17.2. The molecule has 2 amide bonds. The second kappa shape index (κ2) is 10.6. The third-order valence-electron chi connectivity index (χ3n) is 4.99. The average Bonchev–Trinajstić information content (AvgIpc) is 3.54. The van der Waals surface area contributed by atoms with Gasteiger partial charge in [-0.15, -0.1) is 0 Å². The number of alkyl halides is 3. The molecule has 2 N–H and O–H groups in total. The summed E-state index contributed by atoms with van der Waals surface area (Å²) in [5.74, 6) is -0.410. The Morgan fingerprint density at radius 3 is 2.44 bits per heavy atom. The lowest BCUT2D eigenvalue weighted by molar-refractivity contribution is -0.137. The maximum absolute atomic E-state index is 13.1. The van der Waals surface area contributed by atoms with Crippen molar-refractivity contribution in [2.75, 3.05) is 0 Å². The minimum atomic E-state index is -4.50. The van der Waals surface area contributed by atoms with Crippen molar-refractivity contribution in [1.29, 1.82) is 0 Å². The summed E-state index contributed by atoms with van der Waals surface area (Å²) in [6.07, 6.45) is -1.77. The SMILES string of the molecule is O=C(NCc1ccco1)/C(=C/c1ccc(-c2cccc(C(F)(F)F)c2)o1)NC(=O)c1ccc(Cl)cc1. The van der Waals surface area contributed by atoms with Crippen LogP contribution < -0.4 is 10.6 Å². The Kier molecular flexibility index (Phi) is 7.30. The van der Waals surface area contributed by atoms with Crippen LogP contribution in [0.4, 0.5) is 13.2 Å². The van der Waals surface area contributed by atoms with E-state index in [0.29, 0.717) is 10.8 Å². The Hall–Kier alpha value is -4.24. The summed E-state index contributed by atoms with van der Waals surface area (Å²) < 4.78 is 50.1. The predicted molar refractivity (Wildman–Crippen MR) is 127 cm³/mol. The summed E-state index contributed by atoms with van der Waals surface area (Å²) in [6.45, 7) is 0.0631. The zero-order chi connectivity index (χ0) is 25.7. The van der Waals surface area contributed by atoms with Crippen LogP contribution in [-0.2, 0) is 17.5 Å². The number of carbonyl (C=O) groups excluding carboxylic acids is 2. The van der Waals surface area contributed by atoms with Crippen LogP contribution in [0.25, 0.3) is 17.4 Å². The summed E-state index contributed by atoms with van der Waals surface area (Å²) in [5.41, 5.74) is -0.500. The lowest BCUT2D eigenvalue weighted by Crippen LogP contribution is -2.34. The largest absolute Gasteiger partial charge is 0.467 e. The zero-order valence-electron chi connectivity index (χ0n) is 18.4. The molecule has 0 bridgehead atoms. The number of benzene rings is 2. The van der Waals surface area contributed by atoms with E-state index in [1.807, 2.05) is 0 Å². The minimum Gasteiger partial charge on any atom is -0.467 e. The number of hydrogen-bond donors (Lipinski definition) is 2. The monoisotopic (exact) mass is 514 g/mol. The fourth-order valence-corrected chi connectivity index (χ4v) is 3.33. The molecule has 0 aliphatic rings. The Morgan fingerprint density at radius 1 is 0.972 bits per heavy atom. The number of amides is 2. The summed E-state index contributed by atoms with van der Waals surface area (Å²) >= 11 is 5.87. The van der Waals surface area contributed by atoms with Gasteiger partial charge < -0.3 is 19.5 Å². The fraction of sp³-hybridized carbons (Fsp3) is 0.0769. The maximum atomic E-state index is 13.1. The van der Waals surface area contributed by atoms with E-state index in [2.05, 4.69) is 10.6 Å². The molecule has 2 aromatic heterocycles. The molecule has 0 spiro atoms. The lowest BCUT2D eigenvalue weighted by Gasteiger charge is -2.10. The summed E-state index contributed by atoms with van der Waals surface area (Å²) in [6, 6.07) is 17.0. The molecule has 0 aliphatic carbocycles. The quantitative estimate of drug-likeness (QED) is 0.283. The molecule has 2 aromatic carbocycles. The van der Waals surface area contributed by atoms with E-state index in [-0.39, 0.29) is 34.9 Å². The van der Waals surface area contributed by atoms with Gasteiger partial charge in [0.2, 0.25) is 0 Å². The van der Waals surface area contributed by atoms with Gasteiger partial charge in [-0.05, 0) is 60.7 Å². The van der Waals surface area contributed by atoms with Gasteiger partial charge in [0, 0.05) is 22.2 Å². The van der Waals surface area contributed by atoms with E-state index in [1.165, 1.54) is 60.9 Å². The third-order valence-corrected chi connectivity index (χ3v) is 5.24. The smallest absolute Gasteiger partial charge is 0.416 e. The molecule has 0 aliphatic heterocycles. The van der Waals surface area contributed by atoms with Crippen LogP contribution in [0, 0.1) is 0 Å². The standard InChI is InChI=1S/C26H18ClF3N2O4/c27-19-8-6-16(7-9-19)24(33)32-22(25(34)31-15-21-5-2-12-35-21)14-20-10-11-23(36-20)17-3-1-4-18(13-17)26(28,29)30/h1-14H,15H2,(H,31,34)(H,32,33)/b22-14-. The number of nitrogens with one attached hydrogen (secondary N) is 2. The van der Waals surface area contributed by atoms with Gasteiger partial charge in [0.1, 0.15) is 23.0 Å². The van der Waals surface area contributed by atoms with Crippen LogP contribution in [0.15, 0.2) is 93.6 Å². The Bertz CT molecular complexity index is 1390. The van der Waals surface area contributed by atoms with Crippen molar-refractivity contribution < 1.29 is 31.6 Å². The van der Waals surface area contributed by atoms with Gasteiger partial charge in [0.05, 0.1) is 18.4 Å². The molecule has 4 aromatic rings. The first-order valence-corrected chi connectivity index (χ1v) is 10.9. The van der Waals surface area contributed by atoms with Crippen molar-refractivity contribution in [3.63, 3.8) is 0 Å². The van der Waals surface area contributed by atoms with Crippen LogP contribution in [0.1, 0.15) is 27.4 Å². The second-order valence-corrected chi connectivity index (χ2v) is 8.00. The van der Waals surface area contributed by atoms with Crippen molar-refractivity contribution in [3.05, 3.63) is 112 Å². The topological polar surface area (TPSA) is 84.5 Å². The molecule has 0 saturated carbocycles. The zero-order valence-corrected chi connectivity index (χ0v) is 19.2. The fourth-order valence-electron chi connectivity index (χ4n) is 3.21. The van der Waals surface area contributed by atoms with E-state index in [0.717, 1.165) is 12.1 Å². The highest BCUT2D eigenvalue weighted by molar-refractivity contribution is 6.30. The summed E-state index contributed by atoms with van der Waals surface area (Å²) in [7, 11) is 0. The molecule has 0 radical (unpaired) electrons. The van der Waals surface area contributed by atoms with Crippen molar-refractivity contribution in [3.8, 4) is 11.3 Å². The minimum absolute atomic E-state index is 0.0631. The molecule has 0 saturated heterocycles.